The second kappa shape index (κ2) is 7.70. The van der Waals surface area contributed by atoms with Crippen LogP contribution in [0.2, 0.25) is 0 Å². The number of nitro groups is 1. The van der Waals surface area contributed by atoms with Gasteiger partial charge in [0.1, 0.15) is 5.75 Å². The summed E-state index contributed by atoms with van der Waals surface area (Å²) in [5.41, 5.74) is 0.933. The molecule has 0 atom stereocenters. The summed E-state index contributed by atoms with van der Waals surface area (Å²) in [7, 11) is 5.49. The molecule has 6 heteroatoms. The third-order valence-electron chi connectivity index (χ3n) is 2.88. The van der Waals surface area contributed by atoms with Crippen molar-refractivity contribution in [3.05, 3.63) is 33.9 Å². The predicted molar refractivity (Wildman–Crippen MR) is 74.5 cm³/mol. The summed E-state index contributed by atoms with van der Waals surface area (Å²) < 4.78 is 5.24. The van der Waals surface area contributed by atoms with Crippen LogP contribution in [0.5, 0.6) is 5.75 Å². The number of nitrogens with zero attached hydrogens (tertiary/aromatic N) is 2. The SMILES string of the molecule is CNCCCN(C)Cc1cc([N+](=O)[O-])ccc1OC. The van der Waals surface area contributed by atoms with Crippen molar-refractivity contribution in [3.63, 3.8) is 0 Å². The van der Waals surface area contributed by atoms with Crippen molar-refractivity contribution >= 4 is 5.69 Å². The average molecular weight is 267 g/mol. The van der Waals surface area contributed by atoms with E-state index in [9.17, 15) is 10.1 Å². The van der Waals surface area contributed by atoms with Gasteiger partial charge in [-0.3, -0.25) is 10.1 Å². The first kappa shape index (κ1) is 15.4. The fraction of sp³-hybridized carbons (Fsp3) is 0.538. The van der Waals surface area contributed by atoms with E-state index in [4.69, 9.17) is 4.74 Å². The van der Waals surface area contributed by atoms with Gasteiger partial charge in [-0.1, -0.05) is 0 Å². The summed E-state index contributed by atoms with van der Waals surface area (Å²) in [6.07, 6.45) is 1.03. The van der Waals surface area contributed by atoms with Crippen LogP contribution >= 0.6 is 0 Å². The molecule has 0 spiro atoms. The van der Waals surface area contributed by atoms with E-state index in [1.54, 1.807) is 19.2 Å². The van der Waals surface area contributed by atoms with E-state index in [0.29, 0.717) is 12.3 Å². The molecule has 1 rings (SSSR count). The molecule has 0 amide bonds. The Kier molecular flexibility index (Phi) is 6.24. The number of hydrogen-bond acceptors (Lipinski definition) is 5. The molecule has 0 bridgehead atoms. The predicted octanol–water partition coefficient (Wildman–Crippen LogP) is 1.64. The first-order valence-corrected chi connectivity index (χ1v) is 6.23. The van der Waals surface area contributed by atoms with Crippen LogP contribution < -0.4 is 10.1 Å². The Morgan fingerprint density at radius 1 is 1.47 bits per heavy atom. The van der Waals surface area contributed by atoms with Crippen molar-refractivity contribution in [1.29, 1.82) is 0 Å². The normalized spacial score (nSPS) is 10.7. The zero-order valence-corrected chi connectivity index (χ0v) is 11.7. The first-order chi connectivity index (χ1) is 9.08. The van der Waals surface area contributed by atoms with Crippen LogP contribution in [0, 0.1) is 10.1 Å². The second-order valence-corrected chi connectivity index (χ2v) is 4.45. The van der Waals surface area contributed by atoms with Crippen molar-refractivity contribution in [2.24, 2.45) is 0 Å². The Labute approximate surface area is 113 Å². The Hall–Kier alpha value is -1.66. The average Bonchev–Trinajstić information content (AvgIpc) is 2.38. The van der Waals surface area contributed by atoms with Crippen LogP contribution in [0.1, 0.15) is 12.0 Å². The van der Waals surface area contributed by atoms with Crippen molar-refractivity contribution < 1.29 is 9.66 Å². The molecule has 1 aromatic carbocycles. The van der Waals surface area contributed by atoms with Crippen LogP contribution in [0.4, 0.5) is 5.69 Å². The summed E-state index contributed by atoms with van der Waals surface area (Å²) in [5.74, 6) is 0.686. The molecule has 0 saturated heterocycles. The van der Waals surface area contributed by atoms with Crippen molar-refractivity contribution in [3.8, 4) is 5.75 Å². The number of ether oxygens (including phenoxy) is 1. The van der Waals surface area contributed by atoms with Crippen LogP contribution in [-0.4, -0.2) is 44.1 Å². The van der Waals surface area contributed by atoms with E-state index < -0.39 is 0 Å². The highest BCUT2D eigenvalue weighted by molar-refractivity contribution is 5.43. The maximum Gasteiger partial charge on any atom is 0.270 e. The summed E-state index contributed by atoms with van der Waals surface area (Å²) in [4.78, 5) is 12.5. The number of nitro benzene ring substituents is 1. The minimum Gasteiger partial charge on any atom is -0.496 e. The molecule has 0 saturated carbocycles. The number of methoxy groups -OCH3 is 1. The van der Waals surface area contributed by atoms with Gasteiger partial charge in [-0.05, 0) is 39.7 Å². The third kappa shape index (κ3) is 4.84. The van der Waals surface area contributed by atoms with Crippen molar-refractivity contribution in [1.82, 2.24) is 10.2 Å². The smallest absolute Gasteiger partial charge is 0.270 e. The molecule has 0 aromatic heterocycles. The van der Waals surface area contributed by atoms with Gasteiger partial charge in [-0.25, -0.2) is 0 Å². The molecule has 0 unspecified atom stereocenters. The molecule has 0 aliphatic carbocycles. The Bertz CT molecular complexity index is 424. The molecule has 1 N–H and O–H groups in total. The zero-order valence-electron chi connectivity index (χ0n) is 11.7. The minimum absolute atomic E-state index is 0.0967. The highest BCUT2D eigenvalue weighted by Crippen LogP contribution is 2.24. The Morgan fingerprint density at radius 2 is 2.21 bits per heavy atom. The molecule has 1 aromatic rings. The summed E-state index contributed by atoms with van der Waals surface area (Å²) in [6.45, 7) is 2.51. The Morgan fingerprint density at radius 3 is 2.79 bits per heavy atom. The third-order valence-corrected chi connectivity index (χ3v) is 2.88. The lowest BCUT2D eigenvalue weighted by Gasteiger charge is -2.18. The lowest BCUT2D eigenvalue weighted by Crippen LogP contribution is -2.22. The van der Waals surface area contributed by atoms with E-state index in [-0.39, 0.29) is 10.6 Å². The largest absolute Gasteiger partial charge is 0.496 e. The maximum atomic E-state index is 10.8. The minimum atomic E-state index is -0.385. The number of nitrogens with one attached hydrogen (secondary N) is 1. The van der Waals surface area contributed by atoms with E-state index in [1.165, 1.54) is 6.07 Å². The van der Waals surface area contributed by atoms with E-state index >= 15 is 0 Å². The van der Waals surface area contributed by atoms with E-state index in [0.717, 1.165) is 25.1 Å². The van der Waals surface area contributed by atoms with Gasteiger partial charge in [0, 0.05) is 24.2 Å². The molecule has 0 heterocycles. The van der Waals surface area contributed by atoms with Gasteiger partial charge in [0.2, 0.25) is 0 Å². The highest BCUT2D eigenvalue weighted by Gasteiger charge is 2.12. The van der Waals surface area contributed by atoms with Crippen LogP contribution in [0.25, 0.3) is 0 Å². The molecule has 19 heavy (non-hydrogen) atoms. The molecule has 106 valence electrons. The number of non-ortho nitro benzene ring substituents is 1. The van der Waals surface area contributed by atoms with E-state index in [1.807, 2.05) is 14.1 Å². The lowest BCUT2D eigenvalue weighted by molar-refractivity contribution is -0.384. The molecule has 0 aliphatic rings. The summed E-state index contributed by atoms with van der Waals surface area (Å²) >= 11 is 0. The number of hydrogen-bond donors (Lipinski definition) is 1. The number of rotatable bonds is 8. The molecule has 0 radical (unpaired) electrons. The van der Waals surface area contributed by atoms with E-state index in [2.05, 4.69) is 10.2 Å². The van der Waals surface area contributed by atoms with Gasteiger partial charge < -0.3 is 15.0 Å². The number of benzene rings is 1. The van der Waals surface area contributed by atoms with Crippen LogP contribution in [0.15, 0.2) is 18.2 Å². The molecule has 6 nitrogen and oxygen atoms in total. The van der Waals surface area contributed by atoms with Crippen molar-refractivity contribution in [2.75, 3.05) is 34.3 Å². The van der Waals surface area contributed by atoms with Gasteiger partial charge in [-0.15, -0.1) is 0 Å². The molecule has 0 aliphatic heterocycles. The van der Waals surface area contributed by atoms with Gasteiger partial charge in [0.25, 0.3) is 5.69 Å². The van der Waals surface area contributed by atoms with Gasteiger partial charge >= 0.3 is 0 Å². The standard InChI is InChI=1S/C13H21N3O3/c1-14-7-4-8-15(2)10-11-9-12(16(17)18)5-6-13(11)19-3/h5-6,9,14H,4,7-8,10H2,1-3H3. The zero-order chi connectivity index (χ0) is 14.3. The van der Waals surface area contributed by atoms with Crippen molar-refractivity contribution in [2.45, 2.75) is 13.0 Å². The monoisotopic (exact) mass is 267 g/mol. The quantitative estimate of drug-likeness (QED) is 0.440. The van der Waals surface area contributed by atoms with Crippen LogP contribution in [0.3, 0.4) is 0 Å². The Balaban J connectivity index is 2.74. The summed E-state index contributed by atoms with van der Waals surface area (Å²) in [6, 6.07) is 4.69. The summed E-state index contributed by atoms with van der Waals surface area (Å²) in [5, 5.41) is 13.9. The molecule has 0 fully saturated rings. The fourth-order valence-corrected chi connectivity index (χ4v) is 1.90. The topological polar surface area (TPSA) is 67.6 Å². The maximum absolute atomic E-state index is 10.8. The molecular formula is C13H21N3O3. The lowest BCUT2D eigenvalue weighted by atomic mass is 10.1. The van der Waals surface area contributed by atoms with Crippen LogP contribution in [-0.2, 0) is 6.54 Å². The van der Waals surface area contributed by atoms with Gasteiger partial charge in [0.05, 0.1) is 12.0 Å². The molecular weight excluding hydrogens is 246 g/mol. The van der Waals surface area contributed by atoms with Gasteiger partial charge in [0.15, 0.2) is 0 Å². The second-order valence-electron chi connectivity index (χ2n) is 4.45. The highest BCUT2D eigenvalue weighted by atomic mass is 16.6. The van der Waals surface area contributed by atoms with Gasteiger partial charge in [-0.2, -0.15) is 0 Å². The fourth-order valence-electron chi connectivity index (χ4n) is 1.90. The first-order valence-electron chi connectivity index (χ1n) is 6.23.